The van der Waals surface area contributed by atoms with Crippen molar-refractivity contribution in [2.45, 2.75) is 60.8 Å². The number of anilines is 2. The van der Waals surface area contributed by atoms with E-state index in [1.54, 1.807) is 47.4 Å². The quantitative estimate of drug-likeness (QED) is 0.101. The summed E-state index contributed by atoms with van der Waals surface area (Å²) in [5.74, 6) is -5.99. The van der Waals surface area contributed by atoms with Crippen LogP contribution in [0.4, 0.5) is 41.0 Å². The van der Waals surface area contributed by atoms with Crippen LogP contribution >= 0.6 is 23.1 Å². The van der Waals surface area contributed by atoms with Crippen LogP contribution in [0.3, 0.4) is 0 Å². The molecule has 1 fully saturated rings. The van der Waals surface area contributed by atoms with Crippen molar-refractivity contribution in [1.82, 2.24) is 28.5 Å². The minimum absolute atomic E-state index is 0.0494. The van der Waals surface area contributed by atoms with Crippen molar-refractivity contribution >= 4 is 59.1 Å². The highest BCUT2D eigenvalue weighted by Gasteiger charge is 2.45. The second-order valence-electron chi connectivity index (χ2n) is 15.5. The lowest BCUT2D eigenvalue weighted by molar-refractivity contribution is -0.190. The number of aromatic nitrogens is 4. The molecule has 2 aliphatic rings. The zero-order chi connectivity index (χ0) is 46.1. The summed E-state index contributed by atoms with van der Waals surface area (Å²) in [5, 5.41) is -0.330. The first-order valence-corrected chi connectivity index (χ1v) is 24.4. The number of benzene rings is 4. The number of alkyl halides is 3. The summed E-state index contributed by atoms with van der Waals surface area (Å²) in [6, 6.07) is 19.5. The van der Waals surface area contributed by atoms with Gasteiger partial charge in [0, 0.05) is 72.0 Å². The third-order valence-corrected chi connectivity index (χ3v) is 15.4. The molecule has 23 heteroatoms. The van der Waals surface area contributed by atoms with Gasteiger partial charge in [0.25, 0.3) is 20.0 Å². The predicted octanol–water partition coefficient (Wildman–Crippen LogP) is 9.17. The summed E-state index contributed by atoms with van der Waals surface area (Å²) < 4.78 is 168. The lowest BCUT2D eigenvalue weighted by atomic mass is 9.86. The number of allylic oxidation sites excluding steroid dienone is 1. The van der Waals surface area contributed by atoms with Crippen LogP contribution in [-0.4, -0.2) is 64.6 Å². The molecular weight excluding hydrogens is 942 g/mol. The van der Waals surface area contributed by atoms with E-state index in [4.69, 9.17) is 0 Å². The maximum absolute atomic E-state index is 15.6. The first-order chi connectivity index (χ1) is 30.9. The van der Waals surface area contributed by atoms with Gasteiger partial charge in [-0.25, -0.2) is 44.4 Å². The van der Waals surface area contributed by atoms with Gasteiger partial charge in [0.1, 0.15) is 45.2 Å². The van der Waals surface area contributed by atoms with Crippen LogP contribution in [-0.2, 0) is 39.6 Å². The van der Waals surface area contributed by atoms with E-state index in [0.29, 0.717) is 47.9 Å². The van der Waals surface area contributed by atoms with Gasteiger partial charge < -0.3 is 4.90 Å². The van der Waals surface area contributed by atoms with E-state index in [1.807, 2.05) is 29.2 Å². The zero-order valence-corrected chi connectivity index (χ0v) is 37.0. The van der Waals surface area contributed by atoms with Gasteiger partial charge in [-0.3, -0.25) is 14.3 Å². The lowest BCUT2D eigenvalue weighted by Crippen LogP contribution is -2.41. The number of nitrogens with zero attached hydrogens (tertiary/aromatic N) is 6. The first kappa shape index (κ1) is 46.1. The number of piperidine rings is 1. The van der Waals surface area contributed by atoms with Crippen molar-refractivity contribution in [1.29, 1.82) is 0 Å². The van der Waals surface area contributed by atoms with E-state index in [9.17, 15) is 30.0 Å². The van der Waals surface area contributed by atoms with E-state index >= 15 is 17.6 Å². The first-order valence-electron chi connectivity index (χ1n) is 19.9. The van der Waals surface area contributed by atoms with Crippen molar-refractivity contribution in [2.24, 2.45) is 11.8 Å². The van der Waals surface area contributed by atoms with Gasteiger partial charge >= 0.3 is 6.18 Å². The molecular formula is C42H37F7N8O4S4. The Kier molecular flexibility index (Phi) is 13.3. The molecule has 2 aliphatic heterocycles. The van der Waals surface area contributed by atoms with Crippen LogP contribution in [0, 0.1) is 35.1 Å². The summed E-state index contributed by atoms with van der Waals surface area (Å²) in [5.41, 5.74) is 1.68. The Morgan fingerprint density at radius 3 is 1.95 bits per heavy atom. The third kappa shape index (κ3) is 10.6. The SMILES string of the molecule is O=S(=O)(Nc1ncns1)c1cc(F)c(CN2CC[C@@H](Cc3nsc(NS(=O)(=O)c4cc(F)c(CN5CC[C@H](C(F)(F)F)C[C@@H]5c5ccccc5)cc4F)n3)C=C2c2ccccc2)cc1F. The number of nitrogens with one attached hydrogen (secondary N) is 2. The second-order valence-corrected chi connectivity index (χ2v) is 20.3. The average molecular weight is 979 g/mol. The van der Waals surface area contributed by atoms with Gasteiger partial charge in [0.15, 0.2) is 0 Å². The van der Waals surface area contributed by atoms with E-state index < -0.39 is 71.2 Å². The molecule has 0 aliphatic carbocycles. The minimum Gasteiger partial charge on any atom is -0.367 e. The number of hydrogen-bond acceptors (Lipinski definition) is 12. The number of hydrogen-bond donors (Lipinski definition) is 2. The summed E-state index contributed by atoms with van der Waals surface area (Å²) >= 11 is 1.41. The largest absolute Gasteiger partial charge is 0.391 e. The van der Waals surface area contributed by atoms with Gasteiger partial charge in [-0.05, 0) is 67.1 Å². The van der Waals surface area contributed by atoms with Gasteiger partial charge in [0.05, 0.1) is 5.92 Å². The Morgan fingerprint density at radius 1 is 0.723 bits per heavy atom. The molecule has 1 saturated heterocycles. The molecule has 3 atom stereocenters. The molecule has 8 rings (SSSR count). The van der Waals surface area contributed by atoms with E-state index in [-0.39, 0.29) is 72.0 Å². The van der Waals surface area contributed by atoms with Crippen molar-refractivity contribution in [3.8, 4) is 0 Å². The minimum atomic E-state index is -4.74. The fraction of sp³-hybridized carbons (Fsp3) is 0.286. The molecule has 4 aromatic carbocycles. The van der Waals surface area contributed by atoms with Gasteiger partial charge in [-0.1, -0.05) is 66.7 Å². The molecule has 0 radical (unpaired) electrons. The molecule has 0 spiro atoms. The maximum Gasteiger partial charge on any atom is 0.391 e. The molecule has 65 heavy (non-hydrogen) atoms. The van der Waals surface area contributed by atoms with Crippen LogP contribution < -0.4 is 9.44 Å². The second kappa shape index (κ2) is 18.8. The highest BCUT2D eigenvalue weighted by molar-refractivity contribution is 7.93. The highest BCUT2D eigenvalue weighted by atomic mass is 32.2. The summed E-state index contributed by atoms with van der Waals surface area (Å²) in [4.78, 5) is 9.58. The van der Waals surface area contributed by atoms with Crippen LogP contribution in [0.15, 0.2) is 107 Å². The predicted molar refractivity (Wildman–Crippen MR) is 229 cm³/mol. The standard InChI is InChI=1S/C42H37F7N8O4S4/c43-31-20-37(64(58,59)54-40-50-24-51-62-40)33(45)17-28(31)22-56-13-11-25(15-35(56)26-7-3-1-4-8-26)16-39-52-41(63-53-39)55-65(60,61)38-21-32(44)29(18-34(38)46)23-57-14-12-30(42(47,48)49)19-36(57)27-9-5-2-6-10-27/h1-10,15,17-18,20-21,24-25,30,36H,11-14,16,19,22-23H2,(H,50,51,54)(H,52,53,55)/t25-,30+,36-/m1/s1. The summed E-state index contributed by atoms with van der Waals surface area (Å²) in [6.45, 7) is -0.0887. The smallest absolute Gasteiger partial charge is 0.367 e. The van der Waals surface area contributed by atoms with Crippen LogP contribution in [0.2, 0.25) is 0 Å². The molecule has 4 heterocycles. The van der Waals surface area contributed by atoms with Crippen molar-refractivity contribution < 1.29 is 47.6 Å². The normalized spacial score (nSPS) is 18.7. The Labute approximate surface area is 377 Å². The topological polar surface area (TPSA) is 150 Å². The van der Waals surface area contributed by atoms with Gasteiger partial charge in [-0.15, -0.1) is 0 Å². The fourth-order valence-corrected chi connectivity index (χ4v) is 11.6. The van der Waals surface area contributed by atoms with E-state index in [2.05, 4.69) is 28.2 Å². The molecule has 2 aromatic heterocycles. The van der Waals surface area contributed by atoms with Crippen LogP contribution in [0.5, 0.6) is 0 Å². The van der Waals surface area contributed by atoms with Crippen LogP contribution in [0.1, 0.15) is 53.4 Å². The monoisotopic (exact) mass is 978 g/mol. The molecule has 6 aromatic rings. The Balaban J connectivity index is 0.951. The average Bonchev–Trinajstić information content (AvgIpc) is 3.95. The number of halogens is 7. The molecule has 2 N–H and O–H groups in total. The molecule has 12 nitrogen and oxygen atoms in total. The fourth-order valence-electron chi connectivity index (χ4n) is 7.98. The van der Waals surface area contributed by atoms with E-state index in [0.717, 1.165) is 35.6 Å². The molecule has 0 bridgehead atoms. The molecule has 0 amide bonds. The van der Waals surface area contributed by atoms with Crippen molar-refractivity contribution in [3.05, 3.63) is 149 Å². The maximum atomic E-state index is 15.6. The molecule has 342 valence electrons. The van der Waals surface area contributed by atoms with Gasteiger partial charge in [-0.2, -0.15) is 21.9 Å². The van der Waals surface area contributed by atoms with Crippen molar-refractivity contribution in [2.75, 3.05) is 22.5 Å². The number of likely N-dealkylation sites (tertiary alicyclic amines) is 1. The van der Waals surface area contributed by atoms with E-state index in [1.165, 1.54) is 0 Å². The summed E-state index contributed by atoms with van der Waals surface area (Å²) in [6.07, 6.45) is -1.21. The summed E-state index contributed by atoms with van der Waals surface area (Å²) in [7, 11) is -9.25. The van der Waals surface area contributed by atoms with Gasteiger partial charge in [0.2, 0.25) is 10.3 Å². The Morgan fingerprint density at radius 2 is 1.34 bits per heavy atom. The highest BCUT2D eigenvalue weighted by Crippen LogP contribution is 2.43. The number of sulfonamides is 2. The van der Waals surface area contributed by atoms with Crippen LogP contribution in [0.25, 0.3) is 5.70 Å². The Hall–Kier alpha value is -5.49. The number of rotatable bonds is 14. The zero-order valence-electron chi connectivity index (χ0n) is 33.7. The third-order valence-electron chi connectivity index (χ3n) is 11.2. The lowest BCUT2D eigenvalue weighted by Gasteiger charge is -2.40. The molecule has 0 unspecified atom stereocenters. The molecule has 0 saturated carbocycles. The van der Waals surface area contributed by atoms with Crippen molar-refractivity contribution in [3.63, 3.8) is 0 Å². The Bertz CT molecular complexity index is 2910.